The zero-order valence-corrected chi connectivity index (χ0v) is 16.0. The zero-order chi connectivity index (χ0) is 23.5. The number of hydrogen-bond donors (Lipinski definition) is 4. The molecule has 174 valence electrons. The van der Waals surface area contributed by atoms with Crippen LogP contribution in [-0.2, 0) is 16.6 Å². The van der Waals surface area contributed by atoms with Crippen LogP contribution in [0.25, 0.3) is 0 Å². The lowest BCUT2D eigenvalue weighted by molar-refractivity contribution is -0.293. The molecule has 0 saturated carbocycles. The highest BCUT2D eigenvalue weighted by molar-refractivity contribution is 5.98. The van der Waals surface area contributed by atoms with E-state index in [1.807, 2.05) is 5.32 Å². The van der Waals surface area contributed by atoms with E-state index in [1.165, 1.54) is 0 Å². The molecule has 1 saturated heterocycles. The van der Waals surface area contributed by atoms with Gasteiger partial charge in [0.1, 0.15) is 5.82 Å². The molecule has 4 heterocycles. The van der Waals surface area contributed by atoms with Crippen LogP contribution in [-0.4, -0.2) is 61.7 Å². The number of aromatic amines is 1. The van der Waals surface area contributed by atoms with E-state index >= 15 is 0 Å². The number of aromatic nitrogens is 4. The molecule has 4 rings (SSSR count). The first-order valence-corrected chi connectivity index (χ1v) is 9.35. The Hall–Kier alpha value is -2.94. The second kappa shape index (κ2) is 7.30. The third-order valence-electron chi connectivity index (χ3n) is 5.65. The largest absolute Gasteiger partial charge is 0.434 e. The maximum Gasteiger partial charge on any atom is 0.434 e. The average molecular weight is 466 g/mol. The maximum absolute atomic E-state index is 13.7. The summed E-state index contributed by atoms with van der Waals surface area (Å²) in [6, 6.07) is 0. The Morgan fingerprint density at radius 1 is 1.09 bits per heavy atom. The summed E-state index contributed by atoms with van der Waals surface area (Å²) in [6.45, 7) is 0.440. The van der Waals surface area contributed by atoms with Crippen LogP contribution in [0, 0.1) is 0 Å². The Bertz CT molecular complexity index is 1020. The predicted octanol–water partition coefficient (Wildman–Crippen LogP) is 1.67. The number of nitrogens with zero attached hydrogens (tertiary/aromatic N) is 4. The fourth-order valence-corrected chi connectivity index (χ4v) is 3.96. The van der Waals surface area contributed by atoms with Gasteiger partial charge in [-0.15, -0.1) is 0 Å². The van der Waals surface area contributed by atoms with Crippen LogP contribution >= 0.6 is 0 Å². The number of carbonyl (C=O) groups is 1. The zero-order valence-electron chi connectivity index (χ0n) is 16.0. The predicted molar refractivity (Wildman–Crippen MR) is 94.4 cm³/mol. The first-order valence-electron chi connectivity index (χ1n) is 9.35. The van der Waals surface area contributed by atoms with Crippen molar-refractivity contribution < 1.29 is 41.4 Å². The van der Waals surface area contributed by atoms with Gasteiger partial charge in [-0.1, -0.05) is 0 Å². The maximum atomic E-state index is 13.7. The molecular formula is C17H16F6N6O3. The van der Waals surface area contributed by atoms with Crippen molar-refractivity contribution in [2.24, 2.45) is 0 Å². The molecular weight excluding hydrogens is 450 g/mol. The molecule has 1 fully saturated rings. The number of nitrogens with one attached hydrogen (secondary N) is 2. The van der Waals surface area contributed by atoms with Crippen molar-refractivity contribution >= 4 is 17.5 Å². The molecule has 0 spiro atoms. The van der Waals surface area contributed by atoms with Crippen LogP contribution in [0.4, 0.5) is 38.0 Å². The molecule has 2 unspecified atom stereocenters. The van der Waals surface area contributed by atoms with Gasteiger partial charge in [0.05, 0.1) is 18.0 Å². The summed E-state index contributed by atoms with van der Waals surface area (Å²) in [4.78, 5) is 20.4. The Balaban J connectivity index is 1.57. The van der Waals surface area contributed by atoms with Crippen LogP contribution in [0.1, 0.15) is 35.7 Å². The number of amides is 1. The highest BCUT2D eigenvalue weighted by atomic mass is 19.4. The SMILES string of the molecule is O=C1Nc2n[nH]c(C3CCN(c4cnc(C(F)(F)F)cn4)CC3)c2C(O)(C(F)(F)F)C1O. The van der Waals surface area contributed by atoms with Crippen molar-refractivity contribution in [3.8, 4) is 0 Å². The van der Waals surface area contributed by atoms with Crippen LogP contribution in [0.5, 0.6) is 0 Å². The number of halogens is 6. The van der Waals surface area contributed by atoms with E-state index in [2.05, 4.69) is 20.2 Å². The van der Waals surface area contributed by atoms with E-state index in [9.17, 15) is 41.4 Å². The smallest absolute Gasteiger partial charge is 0.380 e. The summed E-state index contributed by atoms with van der Waals surface area (Å²) < 4.78 is 79.1. The van der Waals surface area contributed by atoms with Gasteiger partial charge in [-0.05, 0) is 12.8 Å². The van der Waals surface area contributed by atoms with Crippen molar-refractivity contribution in [2.75, 3.05) is 23.3 Å². The number of H-pyrrole nitrogens is 1. The van der Waals surface area contributed by atoms with E-state index in [0.29, 0.717) is 6.20 Å². The number of aliphatic hydroxyl groups excluding tert-OH is 1. The molecule has 9 nitrogen and oxygen atoms in total. The van der Waals surface area contributed by atoms with Gasteiger partial charge in [0.15, 0.2) is 17.6 Å². The molecule has 0 aliphatic carbocycles. The fraction of sp³-hybridized carbons (Fsp3) is 0.529. The van der Waals surface area contributed by atoms with Crippen LogP contribution in [0.2, 0.25) is 0 Å². The number of alkyl halides is 6. The molecule has 0 bridgehead atoms. The lowest BCUT2D eigenvalue weighted by Gasteiger charge is -2.39. The molecule has 32 heavy (non-hydrogen) atoms. The molecule has 2 aromatic heterocycles. The Morgan fingerprint density at radius 3 is 2.28 bits per heavy atom. The van der Waals surface area contributed by atoms with Gasteiger partial charge >= 0.3 is 12.4 Å². The minimum Gasteiger partial charge on any atom is -0.380 e. The number of rotatable bonds is 2. The highest BCUT2D eigenvalue weighted by Gasteiger charge is 2.66. The third kappa shape index (κ3) is 3.44. The average Bonchev–Trinajstić information content (AvgIpc) is 3.15. The fourth-order valence-electron chi connectivity index (χ4n) is 3.96. The quantitative estimate of drug-likeness (QED) is 0.496. The van der Waals surface area contributed by atoms with Crippen LogP contribution in [0.15, 0.2) is 12.4 Å². The van der Waals surface area contributed by atoms with Crippen molar-refractivity contribution in [3.05, 3.63) is 29.3 Å². The van der Waals surface area contributed by atoms with Crippen molar-refractivity contribution in [1.82, 2.24) is 20.2 Å². The Kier molecular flexibility index (Phi) is 5.08. The Labute approximate surface area is 175 Å². The Morgan fingerprint density at radius 2 is 1.75 bits per heavy atom. The molecule has 15 heteroatoms. The molecule has 0 aromatic carbocycles. The van der Waals surface area contributed by atoms with E-state index in [4.69, 9.17) is 0 Å². The highest BCUT2D eigenvalue weighted by Crippen LogP contribution is 2.50. The minimum absolute atomic E-state index is 0.0861. The summed E-state index contributed by atoms with van der Waals surface area (Å²) in [5, 5.41) is 28.4. The third-order valence-corrected chi connectivity index (χ3v) is 5.65. The second-order valence-electron chi connectivity index (χ2n) is 7.54. The van der Waals surface area contributed by atoms with Crippen LogP contribution in [0.3, 0.4) is 0 Å². The second-order valence-corrected chi connectivity index (χ2v) is 7.54. The summed E-state index contributed by atoms with van der Waals surface area (Å²) >= 11 is 0. The van der Waals surface area contributed by atoms with E-state index in [1.54, 1.807) is 4.90 Å². The lowest BCUT2D eigenvalue weighted by atomic mass is 9.79. The van der Waals surface area contributed by atoms with Gasteiger partial charge in [-0.2, -0.15) is 31.4 Å². The van der Waals surface area contributed by atoms with E-state index in [-0.39, 0.29) is 37.4 Å². The van der Waals surface area contributed by atoms with E-state index < -0.39 is 53.0 Å². The number of carbonyl (C=O) groups excluding carboxylic acids is 1. The van der Waals surface area contributed by atoms with Crippen molar-refractivity contribution in [3.63, 3.8) is 0 Å². The van der Waals surface area contributed by atoms with Gasteiger partial charge in [-0.25, -0.2) is 9.97 Å². The summed E-state index contributed by atoms with van der Waals surface area (Å²) in [6.07, 6.45) is -10.8. The van der Waals surface area contributed by atoms with Crippen molar-refractivity contribution in [1.29, 1.82) is 0 Å². The molecule has 2 aliphatic heterocycles. The first kappa shape index (κ1) is 22.3. The number of hydrogen-bond acceptors (Lipinski definition) is 7. The number of fused-ring (bicyclic) bond motifs is 1. The van der Waals surface area contributed by atoms with Gasteiger partial charge in [0.25, 0.3) is 5.91 Å². The monoisotopic (exact) mass is 466 g/mol. The summed E-state index contributed by atoms with van der Waals surface area (Å²) in [5.41, 5.74) is -5.82. The number of anilines is 2. The topological polar surface area (TPSA) is 127 Å². The number of piperidine rings is 1. The summed E-state index contributed by atoms with van der Waals surface area (Å²) in [7, 11) is 0. The van der Waals surface area contributed by atoms with Gasteiger partial charge in [-0.3, -0.25) is 9.89 Å². The van der Waals surface area contributed by atoms with Crippen molar-refractivity contribution in [2.45, 2.75) is 42.8 Å². The molecule has 2 atom stereocenters. The lowest BCUT2D eigenvalue weighted by Crippen LogP contribution is -2.59. The van der Waals surface area contributed by atoms with Gasteiger partial charge < -0.3 is 20.4 Å². The molecule has 0 radical (unpaired) electrons. The van der Waals surface area contributed by atoms with E-state index in [0.717, 1.165) is 6.20 Å². The van der Waals surface area contributed by atoms with Gasteiger partial charge in [0.2, 0.25) is 5.60 Å². The minimum atomic E-state index is -5.37. The number of aliphatic hydroxyl groups is 2. The van der Waals surface area contributed by atoms with Gasteiger partial charge in [0, 0.05) is 24.7 Å². The standard InChI is InChI=1S/C17H16F6N6O3/c18-16(19,20)8-5-25-9(6-24-8)29-3-1-7(2-4-29)11-10-13(28-27-11)26-14(31)12(30)15(10,32)17(21,22)23/h5-7,12,30,32H,1-4H2,(H2,26,27,28,31). The molecule has 1 amide bonds. The first-order chi connectivity index (χ1) is 14.8. The molecule has 2 aromatic rings. The molecule has 2 aliphatic rings. The molecule has 4 N–H and O–H groups in total. The normalized spacial score (nSPS) is 24.9. The van der Waals surface area contributed by atoms with Crippen LogP contribution < -0.4 is 10.2 Å². The summed E-state index contributed by atoms with van der Waals surface area (Å²) in [5.74, 6) is -2.35.